The van der Waals surface area contributed by atoms with Crippen molar-refractivity contribution in [3.8, 4) is 0 Å². The van der Waals surface area contributed by atoms with Crippen molar-refractivity contribution in [2.75, 3.05) is 0 Å². The van der Waals surface area contributed by atoms with Gasteiger partial charge in [0.05, 0.1) is 5.92 Å². The Bertz CT molecular complexity index is 234. The first-order valence-electron chi connectivity index (χ1n) is 6.93. The van der Waals surface area contributed by atoms with Crippen molar-refractivity contribution in [2.24, 2.45) is 11.3 Å². The zero-order valence-electron chi connectivity index (χ0n) is 12.7. The van der Waals surface area contributed by atoms with Gasteiger partial charge in [0.1, 0.15) is 5.60 Å². The topological polar surface area (TPSA) is 26.3 Å². The molecule has 2 nitrogen and oxygen atoms in total. The van der Waals surface area contributed by atoms with Gasteiger partial charge in [-0.05, 0) is 45.4 Å². The Morgan fingerprint density at radius 1 is 1.06 bits per heavy atom. The first-order valence-corrected chi connectivity index (χ1v) is 6.93. The van der Waals surface area contributed by atoms with E-state index in [1.54, 1.807) is 0 Å². The lowest BCUT2D eigenvalue weighted by Gasteiger charge is -2.36. The zero-order chi connectivity index (χ0) is 13.7. The van der Waals surface area contributed by atoms with Crippen molar-refractivity contribution in [3.63, 3.8) is 0 Å². The Kier molecular flexibility index (Phi) is 6.22. The Morgan fingerprint density at radius 2 is 1.53 bits per heavy atom. The van der Waals surface area contributed by atoms with Gasteiger partial charge < -0.3 is 4.74 Å². The van der Waals surface area contributed by atoms with Crippen LogP contribution < -0.4 is 0 Å². The smallest absolute Gasteiger partial charge is 0.310 e. The maximum Gasteiger partial charge on any atom is 0.310 e. The second-order valence-corrected chi connectivity index (χ2v) is 6.24. The van der Waals surface area contributed by atoms with Crippen LogP contribution in [0.5, 0.6) is 0 Å². The van der Waals surface area contributed by atoms with Crippen LogP contribution in [0.2, 0.25) is 0 Å². The molecule has 0 saturated carbocycles. The van der Waals surface area contributed by atoms with E-state index in [-0.39, 0.29) is 22.9 Å². The second-order valence-electron chi connectivity index (χ2n) is 6.24. The SMILES string of the molecule is CCCC(C(=O)OC(C)(C)C)C(C)(CC)CC. The first-order chi connectivity index (χ1) is 7.70. The molecule has 1 unspecified atom stereocenters. The zero-order valence-corrected chi connectivity index (χ0v) is 12.7. The number of carbonyl (C=O) groups is 1. The molecule has 0 bridgehead atoms. The van der Waals surface area contributed by atoms with Crippen molar-refractivity contribution < 1.29 is 9.53 Å². The summed E-state index contributed by atoms with van der Waals surface area (Å²) in [5.41, 5.74) is -0.316. The Labute approximate surface area is 107 Å². The van der Waals surface area contributed by atoms with Gasteiger partial charge in [0.25, 0.3) is 0 Å². The van der Waals surface area contributed by atoms with Gasteiger partial charge in [-0.1, -0.05) is 34.1 Å². The summed E-state index contributed by atoms with van der Waals surface area (Å²) in [5.74, 6) is 0.00674. The molecule has 0 saturated heterocycles. The number of carbonyl (C=O) groups excluding carboxylic acids is 1. The summed E-state index contributed by atoms with van der Waals surface area (Å²) in [6, 6.07) is 0. The largest absolute Gasteiger partial charge is 0.460 e. The van der Waals surface area contributed by atoms with Gasteiger partial charge >= 0.3 is 5.97 Å². The van der Waals surface area contributed by atoms with Crippen molar-refractivity contribution >= 4 is 5.97 Å². The highest BCUT2D eigenvalue weighted by molar-refractivity contribution is 5.73. The van der Waals surface area contributed by atoms with E-state index in [1.165, 1.54) is 0 Å². The van der Waals surface area contributed by atoms with Crippen LogP contribution in [0.25, 0.3) is 0 Å². The molecule has 0 spiro atoms. The summed E-state index contributed by atoms with van der Waals surface area (Å²) in [7, 11) is 0. The molecule has 17 heavy (non-hydrogen) atoms. The molecule has 0 aliphatic rings. The Balaban J connectivity index is 4.90. The Hall–Kier alpha value is -0.530. The fraction of sp³-hybridized carbons (Fsp3) is 0.933. The third-order valence-electron chi connectivity index (χ3n) is 3.73. The lowest BCUT2D eigenvalue weighted by Crippen LogP contribution is -2.37. The van der Waals surface area contributed by atoms with Gasteiger partial charge in [0.15, 0.2) is 0 Å². The van der Waals surface area contributed by atoms with Crippen LogP contribution in [-0.2, 0) is 9.53 Å². The predicted molar refractivity (Wildman–Crippen MR) is 72.9 cm³/mol. The summed E-state index contributed by atoms with van der Waals surface area (Å²) < 4.78 is 5.56. The number of rotatable bonds is 6. The number of hydrogen-bond acceptors (Lipinski definition) is 2. The molecule has 0 aromatic carbocycles. The maximum absolute atomic E-state index is 12.3. The molecule has 0 rings (SSSR count). The van der Waals surface area contributed by atoms with Gasteiger partial charge in [-0.15, -0.1) is 0 Å². The third kappa shape index (κ3) is 5.10. The van der Waals surface area contributed by atoms with E-state index in [1.807, 2.05) is 20.8 Å². The van der Waals surface area contributed by atoms with E-state index in [9.17, 15) is 4.79 Å². The molecular formula is C15H30O2. The quantitative estimate of drug-likeness (QED) is 0.638. The molecule has 0 fully saturated rings. The highest BCUT2D eigenvalue weighted by atomic mass is 16.6. The van der Waals surface area contributed by atoms with Crippen LogP contribution in [0.1, 0.15) is 74.1 Å². The van der Waals surface area contributed by atoms with Crippen molar-refractivity contribution in [1.29, 1.82) is 0 Å². The first kappa shape index (κ1) is 16.5. The lowest BCUT2D eigenvalue weighted by molar-refractivity contribution is -0.165. The summed E-state index contributed by atoms with van der Waals surface area (Å²) in [6.45, 7) is 14.5. The highest BCUT2D eigenvalue weighted by Gasteiger charge is 2.38. The van der Waals surface area contributed by atoms with E-state index in [4.69, 9.17) is 4.74 Å². The van der Waals surface area contributed by atoms with Gasteiger partial charge in [0.2, 0.25) is 0 Å². The molecule has 0 amide bonds. The molecule has 0 aromatic heterocycles. The van der Waals surface area contributed by atoms with E-state index in [0.29, 0.717) is 0 Å². The standard InChI is InChI=1S/C15H30O2/c1-8-11-12(15(7,9-2)10-3)13(16)17-14(4,5)6/h12H,8-11H2,1-7H3. The van der Waals surface area contributed by atoms with Crippen molar-refractivity contribution in [2.45, 2.75) is 79.8 Å². The van der Waals surface area contributed by atoms with E-state index < -0.39 is 0 Å². The summed E-state index contributed by atoms with van der Waals surface area (Å²) >= 11 is 0. The predicted octanol–water partition coefficient (Wildman–Crippen LogP) is 4.57. The molecule has 0 aliphatic heterocycles. The molecule has 102 valence electrons. The van der Waals surface area contributed by atoms with Crippen LogP contribution >= 0.6 is 0 Å². The number of hydrogen-bond donors (Lipinski definition) is 0. The van der Waals surface area contributed by atoms with Gasteiger partial charge in [-0.25, -0.2) is 0 Å². The number of esters is 1. The molecule has 1 atom stereocenters. The minimum Gasteiger partial charge on any atom is -0.460 e. The minimum absolute atomic E-state index is 0.0226. The Morgan fingerprint density at radius 3 is 1.82 bits per heavy atom. The van der Waals surface area contributed by atoms with Crippen molar-refractivity contribution in [3.05, 3.63) is 0 Å². The van der Waals surface area contributed by atoms with Crippen molar-refractivity contribution in [1.82, 2.24) is 0 Å². The van der Waals surface area contributed by atoms with E-state index in [0.717, 1.165) is 25.7 Å². The van der Waals surface area contributed by atoms with Crippen LogP contribution in [0, 0.1) is 11.3 Å². The molecule has 0 aromatic rings. The van der Waals surface area contributed by atoms with Crippen LogP contribution in [0.15, 0.2) is 0 Å². The summed E-state index contributed by atoms with van der Waals surface area (Å²) in [5, 5.41) is 0. The molecule has 0 N–H and O–H groups in total. The van der Waals surface area contributed by atoms with Crippen LogP contribution in [0.3, 0.4) is 0 Å². The molecule has 0 heterocycles. The molecule has 0 radical (unpaired) electrons. The molecule has 0 aliphatic carbocycles. The fourth-order valence-electron chi connectivity index (χ4n) is 2.16. The fourth-order valence-corrected chi connectivity index (χ4v) is 2.16. The highest BCUT2D eigenvalue weighted by Crippen LogP contribution is 2.38. The maximum atomic E-state index is 12.3. The normalized spacial score (nSPS) is 14.5. The minimum atomic E-state index is -0.383. The van der Waals surface area contributed by atoms with E-state index in [2.05, 4.69) is 27.7 Å². The van der Waals surface area contributed by atoms with E-state index >= 15 is 0 Å². The van der Waals surface area contributed by atoms with Gasteiger partial charge in [-0.2, -0.15) is 0 Å². The summed E-state index contributed by atoms with van der Waals surface area (Å²) in [6.07, 6.45) is 3.99. The monoisotopic (exact) mass is 242 g/mol. The average molecular weight is 242 g/mol. The molecule has 2 heteroatoms. The van der Waals surface area contributed by atoms with Crippen LogP contribution in [-0.4, -0.2) is 11.6 Å². The van der Waals surface area contributed by atoms with Crippen LogP contribution in [0.4, 0.5) is 0 Å². The lowest BCUT2D eigenvalue weighted by atomic mass is 9.71. The van der Waals surface area contributed by atoms with Gasteiger partial charge in [0, 0.05) is 0 Å². The average Bonchev–Trinajstić information content (AvgIpc) is 2.22. The number of ether oxygens (including phenoxy) is 1. The second kappa shape index (κ2) is 6.42. The molecular weight excluding hydrogens is 212 g/mol. The van der Waals surface area contributed by atoms with Gasteiger partial charge in [-0.3, -0.25) is 4.79 Å². The summed E-state index contributed by atoms with van der Waals surface area (Å²) in [4.78, 5) is 12.3. The third-order valence-corrected chi connectivity index (χ3v) is 3.73.